The molecule has 0 aromatic rings. The van der Waals surface area contributed by atoms with Crippen molar-refractivity contribution < 1.29 is 4.79 Å². The molecular formula is C14H29NO. The second-order valence-electron chi connectivity index (χ2n) is 5.24. The smallest absolute Gasteiger partial charge is 0.228 e. The Labute approximate surface area is 101 Å². The van der Waals surface area contributed by atoms with Crippen LogP contribution >= 0.6 is 0 Å². The lowest BCUT2D eigenvalue weighted by molar-refractivity contribution is -0.140. The summed E-state index contributed by atoms with van der Waals surface area (Å²) in [5.74, 6) is 0.330. The number of carbonyl (C=O) groups excluding carboxylic acids is 1. The van der Waals surface area contributed by atoms with Gasteiger partial charge in [0.2, 0.25) is 5.91 Å². The average Bonchev–Trinajstić information content (AvgIpc) is 2.28. The van der Waals surface area contributed by atoms with E-state index in [2.05, 4.69) is 39.5 Å². The zero-order valence-electron chi connectivity index (χ0n) is 11.8. The van der Waals surface area contributed by atoms with Crippen molar-refractivity contribution in [1.29, 1.82) is 0 Å². The van der Waals surface area contributed by atoms with Crippen LogP contribution in [0.5, 0.6) is 0 Å². The minimum atomic E-state index is -0.193. The minimum Gasteiger partial charge on any atom is -0.342 e. The first kappa shape index (κ1) is 15.5. The van der Waals surface area contributed by atoms with Gasteiger partial charge < -0.3 is 4.90 Å². The number of amides is 1. The zero-order valence-corrected chi connectivity index (χ0v) is 11.8. The van der Waals surface area contributed by atoms with Gasteiger partial charge in [0.15, 0.2) is 0 Å². The highest BCUT2D eigenvalue weighted by molar-refractivity contribution is 5.81. The number of hydrogen-bond acceptors (Lipinski definition) is 1. The third-order valence-electron chi connectivity index (χ3n) is 3.31. The lowest BCUT2D eigenvalue weighted by Crippen LogP contribution is -2.41. The summed E-state index contributed by atoms with van der Waals surface area (Å²) in [6, 6.07) is 0. The molecule has 0 bridgehead atoms. The van der Waals surface area contributed by atoms with Crippen molar-refractivity contribution in [2.75, 3.05) is 13.1 Å². The van der Waals surface area contributed by atoms with Crippen LogP contribution < -0.4 is 0 Å². The van der Waals surface area contributed by atoms with Gasteiger partial charge in [0.05, 0.1) is 0 Å². The van der Waals surface area contributed by atoms with E-state index in [0.29, 0.717) is 5.91 Å². The molecule has 0 aliphatic heterocycles. The van der Waals surface area contributed by atoms with Crippen LogP contribution in [0.25, 0.3) is 0 Å². The van der Waals surface area contributed by atoms with Gasteiger partial charge in [-0.1, -0.05) is 47.5 Å². The van der Waals surface area contributed by atoms with E-state index in [-0.39, 0.29) is 5.41 Å². The van der Waals surface area contributed by atoms with E-state index < -0.39 is 0 Å². The lowest BCUT2D eigenvalue weighted by Gasteiger charge is -2.31. The van der Waals surface area contributed by atoms with Crippen LogP contribution in [0.4, 0.5) is 0 Å². The molecule has 0 saturated heterocycles. The number of nitrogens with zero attached hydrogens (tertiary/aromatic N) is 1. The summed E-state index contributed by atoms with van der Waals surface area (Å²) >= 11 is 0. The molecule has 0 aliphatic carbocycles. The summed E-state index contributed by atoms with van der Waals surface area (Å²) < 4.78 is 0. The molecule has 1 amide bonds. The van der Waals surface area contributed by atoms with Gasteiger partial charge in [-0.15, -0.1) is 0 Å². The first-order chi connectivity index (χ1) is 7.49. The van der Waals surface area contributed by atoms with E-state index in [4.69, 9.17) is 0 Å². The average molecular weight is 227 g/mol. The third-order valence-corrected chi connectivity index (χ3v) is 3.31. The molecule has 0 aliphatic rings. The Hall–Kier alpha value is -0.530. The quantitative estimate of drug-likeness (QED) is 0.617. The molecular weight excluding hydrogens is 198 g/mol. The van der Waals surface area contributed by atoms with Crippen molar-refractivity contribution in [3.63, 3.8) is 0 Å². The van der Waals surface area contributed by atoms with Crippen LogP contribution in [0.2, 0.25) is 0 Å². The van der Waals surface area contributed by atoms with Gasteiger partial charge in [-0.05, 0) is 19.3 Å². The molecule has 0 rings (SSSR count). The highest BCUT2D eigenvalue weighted by atomic mass is 16.2. The predicted octanol–water partition coefficient (Wildman–Crippen LogP) is 3.85. The fourth-order valence-corrected chi connectivity index (χ4v) is 1.59. The Morgan fingerprint density at radius 1 is 1.00 bits per heavy atom. The maximum Gasteiger partial charge on any atom is 0.228 e. The van der Waals surface area contributed by atoms with E-state index >= 15 is 0 Å². The zero-order chi connectivity index (χ0) is 12.6. The van der Waals surface area contributed by atoms with Crippen molar-refractivity contribution >= 4 is 5.91 Å². The lowest BCUT2D eigenvalue weighted by atomic mass is 9.88. The summed E-state index contributed by atoms with van der Waals surface area (Å²) in [6.45, 7) is 12.4. The first-order valence-corrected chi connectivity index (χ1v) is 6.79. The van der Waals surface area contributed by atoms with Crippen molar-refractivity contribution in [2.45, 2.75) is 66.7 Å². The minimum absolute atomic E-state index is 0.193. The molecule has 0 aromatic heterocycles. The van der Waals surface area contributed by atoms with Gasteiger partial charge in [-0.3, -0.25) is 4.79 Å². The third kappa shape index (κ3) is 5.00. The molecule has 0 spiro atoms. The van der Waals surface area contributed by atoms with Crippen LogP contribution in [-0.2, 0) is 4.79 Å². The van der Waals surface area contributed by atoms with E-state index in [1.807, 2.05) is 0 Å². The van der Waals surface area contributed by atoms with Crippen molar-refractivity contribution in [1.82, 2.24) is 4.90 Å². The maximum absolute atomic E-state index is 12.3. The largest absolute Gasteiger partial charge is 0.342 e. The fraction of sp³-hybridized carbons (Fsp3) is 0.929. The molecule has 0 fully saturated rings. The molecule has 16 heavy (non-hydrogen) atoms. The highest BCUT2D eigenvalue weighted by Crippen LogP contribution is 2.23. The first-order valence-electron chi connectivity index (χ1n) is 6.79. The van der Waals surface area contributed by atoms with Gasteiger partial charge in [0, 0.05) is 18.5 Å². The Morgan fingerprint density at radius 3 is 1.75 bits per heavy atom. The summed E-state index contributed by atoms with van der Waals surface area (Å²) in [6.07, 6.45) is 5.47. The summed E-state index contributed by atoms with van der Waals surface area (Å²) in [5, 5.41) is 0. The van der Waals surface area contributed by atoms with Crippen molar-refractivity contribution in [3.8, 4) is 0 Å². The molecule has 0 unspecified atom stereocenters. The Kier molecular flexibility index (Phi) is 7.44. The Bertz CT molecular complexity index is 191. The van der Waals surface area contributed by atoms with Crippen LogP contribution in [0.1, 0.15) is 66.7 Å². The van der Waals surface area contributed by atoms with Gasteiger partial charge >= 0.3 is 0 Å². The molecule has 0 radical (unpaired) electrons. The monoisotopic (exact) mass is 227 g/mol. The molecule has 0 N–H and O–H groups in total. The van der Waals surface area contributed by atoms with E-state index in [1.165, 1.54) is 0 Å². The van der Waals surface area contributed by atoms with Crippen molar-refractivity contribution in [3.05, 3.63) is 0 Å². The van der Waals surface area contributed by atoms with E-state index in [1.54, 1.807) is 0 Å². The SMILES string of the molecule is CCCCN(CCCC)C(=O)C(C)(C)CC. The number of unbranched alkanes of at least 4 members (excludes halogenated alkanes) is 2. The molecule has 2 heteroatoms. The maximum atomic E-state index is 12.3. The van der Waals surface area contributed by atoms with Gasteiger partial charge in [0.1, 0.15) is 0 Å². The molecule has 0 aromatic carbocycles. The molecule has 0 heterocycles. The van der Waals surface area contributed by atoms with Gasteiger partial charge in [-0.2, -0.15) is 0 Å². The molecule has 0 saturated carbocycles. The molecule has 0 atom stereocenters. The predicted molar refractivity (Wildman–Crippen MR) is 70.5 cm³/mol. The highest BCUT2D eigenvalue weighted by Gasteiger charge is 2.29. The normalized spacial score (nSPS) is 11.6. The second-order valence-corrected chi connectivity index (χ2v) is 5.24. The topological polar surface area (TPSA) is 20.3 Å². The van der Waals surface area contributed by atoms with E-state index in [0.717, 1.165) is 45.2 Å². The van der Waals surface area contributed by atoms with Crippen molar-refractivity contribution in [2.24, 2.45) is 5.41 Å². The molecule has 2 nitrogen and oxygen atoms in total. The van der Waals surface area contributed by atoms with Crippen LogP contribution in [0, 0.1) is 5.41 Å². The van der Waals surface area contributed by atoms with Gasteiger partial charge in [0.25, 0.3) is 0 Å². The second kappa shape index (κ2) is 7.70. The van der Waals surface area contributed by atoms with Gasteiger partial charge in [-0.25, -0.2) is 0 Å². The summed E-state index contributed by atoms with van der Waals surface area (Å²) in [4.78, 5) is 14.4. The summed E-state index contributed by atoms with van der Waals surface area (Å²) in [7, 11) is 0. The van der Waals surface area contributed by atoms with Crippen LogP contribution in [0.15, 0.2) is 0 Å². The molecule has 96 valence electrons. The fourth-order valence-electron chi connectivity index (χ4n) is 1.59. The Morgan fingerprint density at radius 2 is 1.44 bits per heavy atom. The summed E-state index contributed by atoms with van der Waals surface area (Å²) in [5.41, 5.74) is -0.193. The van der Waals surface area contributed by atoms with Crippen LogP contribution in [-0.4, -0.2) is 23.9 Å². The number of carbonyl (C=O) groups is 1. The van der Waals surface area contributed by atoms with E-state index in [9.17, 15) is 4.79 Å². The standard InChI is InChI=1S/C14H29NO/c1-6-9-11-15(12-10-7-2)13(16)14(4,5)8-3/h6-12H2,1-5H3. The number of hydrogen-bond donors (Lipinski definition) is 0. The number of rotatable bonds is 8. The van der Waals surface area contributed by atoms with Crippen LogP contribution in [0.3, 0.4) is 0 Å². The Balaban J connectivity index is 4.42.